The van der Waals surface area contributed by atoms with Crippen LogP contribution in [0.1, 0.15) is 48.5 Å². The number of piperidine rings is 1. The Morgan fingerprint density at radius 2 is 2.15 bits per heavy atom. The number of amides is 1. The molecule has 20 heavy (non-hydrogen) atoms. The smallest absolute Gasteiger partial charge is 0.253 e. The number of rotatable bonds is 3. The Kier molecular flexibility index (Phi) is 3.95. The van der Waals surface area contributed by atoms with Gasteiger partial charge in [-0.05, 0) is 48.9 Å². The van der Waals surface area contributed by atoms with Crippen molar-refractivity contribution in [3.05, 3.63) is 29.3 Å². The predicted octanol–water partition coefficient (Wildman–Crippen LogP) is 3.31. The minimum atomic E-state index is 0.217. The minimum absolute atomic E-state index is 0.217. The molecule has 0 unspecified atom stereocenters. The van der Waals surface area contributed by atoms with E-state index in [1.165, 1.54) is 36.9 Å². The maximum absolute atomic E-state index is 12.6. The molecule has 0 aliphatic carbocycles. The van der Waals surface area contributed by atoms with Crippen molar-refractivity contribution in [1.29, 1.82) is 0 Å². The van der Waals surface area contributed by atoms with Crippen LogP contribution in [0.5, 0.6) is 0 Å². The third kappa shape index (κ3) is 2.67. The minimum Gasteiger partial charge on any atom is -0.384 e. The second-order valence-corrected chi connectivity index (χ2v) is 6.07. The lowest BCUT2D eigenvalue weighted by molar-refractivity contribution is 0.0686. The molecule has 0 aromatic heterocycles. The number of hydrogen-bond acceptors (Lipinski definition) is 2. The van der Waals surface area contributed by atoms with E-state index in [1.807, 2.05) is 11.0 Å². The Balaban J connectivity index is 1.65. The number of carbonyl (C=O) groups excluding carboxylic acids is 1. The molecule has 1 N–H and O–H groups in total. The van der Waals surface area contributed by atoms with E-state index >= 15 is 0 Å². The van der Waals surface area contributed by atoms with Crippen LogP contribution < -0.4 is 5.32 Å². The molecule has 3 nitrogen and oxygen atoms in total. The van der Waals surface area contributed by atoms with Crippen LogP contribution in [0.3, 0.4) is 0 Å². The molecule has 0 bridgehead atoms. The molecular weight excluding hydrogens is 248 g/mol. The number of anilines is 1. The van der Waals surface area contributed by atoms with Crippen LogP contribution in [-0.2, 0) is 6.42 Å². The number of fused-ring (bicyclic) bond motifs is 1. The SMILES string of the molecule is CCCC1CCN(C(=O)c2ccc3c(c2)CCN3)CC1. The van der Waals surface area contributed by atoms with Crippen LogP contribution in [0.15, 0.2) is 18.2 Å². The number of nitrogens with one attached hydrogen (secondary N) is 1. The summed E-state index contributed by atoms with van der Waals surface area (Å²) in [4.78, 5) is 14.6. The van der Waals surface area contributed by atoms with E-state index < -0.39 is 0 Å². The molecule has 2 aliphatic rings. The summed E-state index contributed by atoms with van der Waals surface area (Å²) in [6.07, 6.45) is 5.95. The van der Waals surface area contributed by atoms with Gasteiger partial charge in [-0.3, -0.25) is 4.79 Å². The molecule has 3 heteroatoms. The number of nitrogens with zero attached hydrogens (tertiary/aromatic N) is 1. The molecule has 0 radical (unpaired) electrons. The van der Waals surface area contributed by atoms with Crippen LogP contribution in [-0.4, -0.2) is 30.4 Å². The Labute approximate surface area is 121 Å². The fourth-order valence-electron chi connectivity index (χ4n) is 3.45. The third-order valence-corrected chi connectivity index (χ3v) is 4.66. The Bertz CT molecular complexity index is 490. The second kappa shape index (κ2) is 5.86. The van der Waals surface area contributed by atoms with E-state index in [4.69, 9.17) is 0 Å². The fourth-order valence-corrected chi connectivity index (χ4v) is 3.45. The average molecular weight is 272 g/mol. The summed E-state index contributed by atoms with van der Waals surface area (Å²) >= 11 is 0. The van der Waals surface area contributed by atoms with E-state index in [2.05, 4.69) is 24.4 Å². The molecule has 108 valence electrons. The topological polar surface area (TPSA) is 32.3 Å². The standard InChI is InChI=1S/C17H24N2O/c1-2-3-13-7-10-19(11-8-13)17(20)15-4-5-16-14(12-15)6-9-18-16/h4-5,12-13,18H,2-3,6-11H2,1H3. The van der Waals surface area contributed by atoms with Crippen LogP contribution in [0, 0.1) is 5.92 Å². The van der Waals surface area contributed by atoms with E-state index in [-0.39, 0.29) is 5.91 Å². The highest BCUT2D eigenvalue weighted by atomic mass is 16.2. The molecule has 1 aromatic carbocycles. The highest BCUT2D eigenvalue weighted by Gasteiger charge is 2.24. The van der Waals surface area contributed by atoms with Crippen molar-refractivity contribution in [2.75, 3.05) is 25.0 Å². The zero-order valence-electron chi connectivity index (χ0n) is 12.3. The number of benzene rings is 1. The lowest BCUT2D eigenvalue weighted by atomic mass is 9.92. The maximum Gasteiger partial charge on any atom is 0.253 e. The van der Waals surface area contributed by atoms with Gasteiger partial charge in [0.2, 0.25) is 0 Å². The van der Waals surface area contributed by atoms with Gasteiger partial charge in [0.1, 0.15) is 0 Å². The summed E-state index contributed by atoms with van der Waals surface area (Å²) in [6, 6.07) is 6.10. The van der Waals surface area contributed by atoms with Crippen molar-refractivity contribution in [3.8, 4) is 0 Å². The summed E-state index contributed by atoms with van der Waals surface area (Å²) in [6.45, 7) is 5.10. The average Bonchev–Trinajstić information content (AvgIpc) is 2.95. The lowest BCUT2D eigenvalue weighted by Crippen LogP contribution is -2.38. The van der Waals surface area contributed by atoms with Crippen molar-refractivity contribution in [3.63, 3.8) is 0 Å². The molecular formula is C17H24N2O. The third-order valence-electron chi connectivity index (χ3n) is 4.66. The monoisotopic (exact) mass is 272 g/mol. The number of likely N-dealkylation sites (tertiary alicyclic amines) is 1. The first-order valence-electron chi connectivity index (χ1n) is 7.94. The van der Waals surface area contributed by atoms with Crippen molar-refractivity contribution < 1.29 is 4.79 Å². The van der Waals surface area contributed by atoms with Gasteiger partial charge < -0.3 is 10.2 Å². The van der Waals surface area contributed by atoms with Crippen LogP contribution in [0.2, 0.25) is 0 Å². The molecule has 1 saturated heterocycles. The first kappa shape index (κ1) is 13.5. The van der Waals surface area contributed by atoms with Crippen molar-refractivity contribution in [1.82, 2.24) is 4.90 Å². The van der Waals surface area contributed by atoms with Gasteiger partial charge in [-0.2, -0.15) is 0 Å². The van der Waals surface area contributed by atoms with Crippen LogP contribution in [0.25, 0.3) is 0 Å². The summed E-state index contributed by atoms with van der Waals surface area (Å²) in [5, 5.41) is 3.34. The largest absolute Gasteiger partial charge is 0.384 e. The van der Waals surface area contributed by atoms with Crippen molar-refractivity contribution in [2.24, 2.45) is 5.92 Å². The molecule has 1 fully saturated rings. The quantitative estimate of drug-likeness (QED) is 0.915. The Morgan fingerprint density at radius 1 is 1.35 bits per heavy atom. The molecule has 2 aliphatic heterocycles. The maximum atomic E-state index is 12.6. The van der Waals surface area contributed by atoms with Crippen molar-refractivity contribution in [2.45, 2.75) is 39.0 Å². The highest BCUT2D eigenvalue weighted by molar-refractivity contribution is 5.95. The van der Waals surface area contributed by atoms with E-state index in [0.717, 1.165) is 37.5 Å². The first-order chi connectivity index (χ1) is 9.78. The van der Waals surface area contributed by atoms with Gasteiger partial charge in [0.15, 0.2) is 0 Å². The molecule has 2 heterocycles. The summed E-state index contributed by atoms with van der Waals surface area (Å²) in [5.74, 6) is 1.04. The Morgan fingerprint density at radius 3 is 2.90 bits per heavy atom. The summed E-state index contributed by atoms with van der Waals surface area (Å²) in [5.41, 5.74) is 3.35. The summed E-state index contributed by atoms with van der Waals surface area (Å²) in [7, 11) is 0. The van der Waals surface area contributed by atoms with Gasteiger partial charge in [0.25, 0.3) is 5.91 Å². The van der Waals surface area contributed by atoms with E-state index in [1.54, 1.807) is 0 Å². The molecule has 0 saturated carbocycles. The highest BCUT2D eigenvalue weighted by Crippen LogP contribution is 2.26. The van der Waals surface area contributed by atoms with Gasteiger partial charge in [0, 0.05) is 30.9 Å². The second-order valence-electron chi connectivity index (χ2n) is 6.07. The van der Waals surface area contributed by atoms with Crippen LogP contribution >= 0.6 is 0 Å². The van der Waals surface area contributed by atoms with E-state index in [0.29, 0.717) is 0 Å². The van der Waals surface area contributed by atoms with Gasteiger partial charge in [-0.25, -0.2) is 0 Å². The predicted molar refractivity (Wildman–Crippen MR) is 82.2 cm³/mol. The number of carbonyl (C=O) groups is 1. The van der Waals surface area contributed by atoms with Gasteiger partial charge in [-0.15, -0.1) is 0 Å². The normalized spacial score (nSPS) is 18.8. The zero-order valence-corrected chi connectivity index (χ0v) is 12.3. The molecule has 0 atom stereocenters. The first-order valence-corrected chi connectivity index (χ1v) is 7.94. The molecule has 1 aromatic rings. The molecule has 3 rings (SSSR count). The summed E-state index contributed by atoms with van der Waals surface area (Å²) < 4.78 is 0. The fraction of sp³-hybridized carbons (Fsp3) is 0.588. The van der Waals surface area contributed by atoms with Crippen molar-refractivity contribution >= 4 is 11.6 Å². The van der Waals surface area contributed by atoms with Crippen LogP contribution in [0.4, 0.5) is 5.69 Å². The van der Waals surface area contributed by atoms with E-state index in [9.17, 15) is 4.79 Å². The number of hydrogen-bond donors (Lipinski definition) is 1. The molecule has 1 amide bonds. The van der Waals surface area contributed by atoms with Gasteiger partial charge in [-0.1, -0.05) is 19.8 Å². The van der Waals surface area contributed by atoms with Gasteiger partial charge in [0.05, 0.1) is 0 Å². The molecule has 0 spiro atoms. The lowest BCUT2D eigenvalue weighted by Gasteiger charge is -2.32. The zero-order chi connectivity index (χ0) is 13.9. The van der Waals surface area contributed by atoms with Gasteiger partial charge >= 0.3 is 0 Å². The Hall–Kier alpha value is -1.51.